The largest absolute Gasteiger partial charge is 0.492 e. The summed E-state index contributed by atoms with van der Waals surface area (Å²) in [5.74, 6) is -0.121. The number of nitrogens with zero attached hydrogens (tertiary/aromatic N) is 2. The highest BCUT2D eigenvalue weighted by atomic mass is 35.5. The molecule has 1 aromatic carbocycles. The molecule has 3 heterocycles. The average Bonchev–Trinajstić information content (AvgIpc) is 3.05. The van der Waals surface area contributed by atoms with Crippen molar-refractivity contribution in [3.63, 3.8) is 0 Å². The number of carbonyl (C=O) groups excluding carboxylic acids is 1. The number of carbonyl (C=O) groups is 1. The SMILES string of the molecule is O=C(c1c(F)cccc1Cl)N1CC(COc2cccnc2)C2(CCOCC2)C1. The van der Waals surface area contributed by atoms with E-state index in [2.05, 4.69) is 4.98 Å². The minimum absolute atomic E-state index is 0.0554. The predicted octanol–water partition coefficient (Wildman–Crippen LogP) is 3.82. The summed E-state index contributed by atoms with van der Waals surface area (Å²) >= 11 is 6.12. The lowest BCUT2D eigenvalue weighted by Gasteiger charge is -2.37. The summed E-state index contributed by atoms with van der Waals surface area (Å²) in [6, 6.07) is 8.00. The first-order chi connectivity index (χ1) is 13.6. The van der Waals surface area contributed by atoms with Crippen LogP contribution in [0.15, 0.2) is 42.7 Å². The van der Waals surface area contributed by atoms with Gasteiger partial charge in [0.1, 0.15) is 11.6 Å². The summed E-state index contributed by atoms with van der Waals surface area (Å²) in [5.41, 5.74) is -0.145. The molecule has 0 N–H and O–H groups in total. The number of benzene rings is 1. The molecule has 0 bridgehead atoms. The molecule has 1 atom stereocenters. The van der Waals surface area contributed by atoms with Gasteiger partial charge in [-0.3, -0.25) is 9.78 Å². The number of likely N-dealkylation sites (tertiary alicyclic amines) is 1. The second kappa shape index (κ2) is 8.05. The molecular weight excluding hydrogens is 383 g/mol. The van der Waals surface area contributed by atoms with Crippen LogP contribution in [0.3, 0.4) is 0 Å². The first kappa shape index (κ1) is 19.2. The van der Waals surface area contributed by atoms with Crippen molar-refractivity contribution in [1.29, 1.82) is 0 Å². The molecule has 0 aliphatic carbocycles. The standard InChI is InChI=1S/C21H22ClFN2O3/c22-17-4-1-5-18(23)19(17)20(26)25-12-15(13-28-16-3-2-8-24-11-16)21(14-25)6-9-27-10-7-21/h1-5,8,11,15H,6-7,9-10,12-14H2. The molecule has 1 aromatic heterocycles. The van der Waals surface area contributed by atoms with Crippen molar-refractivity contribution in [1.82, 2.24) is 9.88 Å². The molecule has 2 aliphatic heterocycles. The molecule has 2 aromatic rings. The van der Waals surface area contributed by atoms with Crippen molar-refractivity contribution in [3.05, 3.63) is 59.1 Å². The maximum atomic E-state index is 14.3. The zero-order valence-corrected chi connectivity index (χ0v) is 16.2. The van der Waals surface area contributed by atoms with Gasteiger partial charge in [0.2, 0.25) is 0 Å². The fraction of sp³-hybridized carbons (Fsp3) is 0.429. The Hall–Kier alpha value is -2.18. The van der Waals surface area contributed by atoms with Gasteiger partial charge in [-0.1, -0.05) is 17.7 Å². The van der Waals surface area contributed by atoms with Gasteiger partial charge in [0.15, 0.2) is 0 Å². The Labute approximate surface area is 168 Å². The Morgan fingerprint density at radius 2 is 2.14 bits per heavy atom. The third-order valence-corrected chi connectivity index (χ3v) is 6.17. The number of halogens is 2. The molecule has 2 saturated heterocycles. The van der Waals surface area contributed by atoms with Crippen molar-refractivity contribution < 1.29 is 18.7 Å². The molecule has 1 spiro atoms. The van der Waals surface area contributed by atoms with Gasteiger partial charge in [-0.25, -0.2) is 4.39 Å². The molecule has 2 fully saturated rings. The zero-order valence-electron chi connectivity index (χ0n) is 15.4. The van der Waals surface area contributed by atoms with Crippen LogP contribution >= 0.6 is 11.6 Å². The van der Waals surface area contributed by atoms with Crippen molar-refractivity contribution in [2.75, 3.05) is 32.9 Å². The van der Waals surface area contributed by atoms with E-state index in [4.69, 9.17) is 21.1 Å². The normalized spacial score (nSPS) is 21.1. The first-order valence-corrected chi connectivity index (χ1v) is 9.81. The van der Waals surface area contributed by atoms with E-state index in [1.54, 1.807) is 23.4 Å². The van der Waals surface area contributed by atoms with E-state index in [1.165, 1.54) is 12.1 Å². The highest BCUT2D eigenvalue weighted by Crippen LogP contribution is 2.45. The molecule has 0 radical (unpaired) electrons. The van der Waals surface area contributed by atoms with Crippen molar-refractivity contribution in [3.8, 4) is 5.75 Å². The molecule has 1 unspecified atom stereocenters. The van der Waals surface area contributed by atoms with Gasteiger partial charge in [0, 0.05) is 43.8 Å². The van der Waals surface area contributed by atoms with Crippen LogP contribution in [-0.2, 0) is 4.74 Å². The third-order valence-electron chi connectivity index (χ3n) is 5.85. The lowest BCUT2D eigenvalue weighted by Crippen LogP contribution is -2.39. The van der Waals surface area contributed by atoms with Crippen LogP contribution in [0.1, 0.15) is 23.2 Å². The lowest BCUT2D eigenvalue weighted by molar-refractivity contribution is -0.00912. The monoisotopic (exact) mass is 404 g/mol. The third kappa shape index (κ3) is 3.71. The molecule has 148 valence electrons. The van der Waals surface area contributed by atoms with E-state index < -0.39 is 5.82 Å². The molecule has 1 amide bonds. The van der Waals surface area contributed by atoms with E-state index in [0.717, 1.165) is 12.8 Å². The lowest BCUT2D eigenvalue weighted by atomic mass is 9.72. The second-order valence-corrected chi connectivity index (χ2v) is 7.86. The van der Waals surface area contributed by atoms with E-state index in [9.17, 15) is 9.18 Å². The molecule has 7 heteroatoms. The van der Waals surface area contributed by atoms with Gasteiger partial charge in [-0.2, -0.15) is 0 Å². The number of ether oxygens (including phenoxy) is 2. The minimum Gasteiger partial charge on any atom is -0.492 e. The maximum absolute atomic E-state index is 14.3. The van der Waals surface area contributed by atoms with Gasteiger partial charge in [0.05, 0.1) is 23.4 Å². The first-order valence-electron chi connectivity index (χ1n) is 9.43. The topological polar surface area (TPSA) is 51.7 Å². The Bertz CT molecular complexity index is 823. The van der Waals surface area contributed by atoms with Crippen LogP contribution in [0.2, 0.25) is 5.02 Å². The van der Waals surface area contributed by atoms with Crippen LogP contribution in [-0.4, -0.2) is 48.7 Å². The van der Waals surface area contributed by atoms with Gasteiger partial charge in [0.25, 0.3) is 5.91 Å². The van der Waals surface area contributed by atoms with Gasteiger partial charge >= 0.3 is 0 Å². The molecule has 5 nitrogen and oxygen atoms in total. The number of rotatable bonds is 4. The molecular formula is C21H22ClFN2O3. The Morgan fingerprint density at radius 3 is 2.86 bits per heavy atom. The van der Waals surface area contributed by atoms with Crippen molar-refractivity contribution in [2.24, 2.45) is 11.3 Å². The highest BCUT2D eigenvalue weighted by Gasteiger charge is 2.49. The quantitative estimate of drug-likeness (QED) is 0.777. The predicted molar refractivity (Wildman–Crippen MR) is 103 cm³/mol. The van der Waals surface area contributed by atoms with Crippen LogP contribution in [0.5, 0.6) is 5.75 Å². The van der Waals surface area contributed by atoms with Crippen LogP contribution in [0.4, 0.5) is 4.39 Å². The molecule has 28 heavy (non-hydrogen) atoms. The smallest absolute Gasteiger partial charge is 0.258 e. The number of hydrogen-bond donors (Lipinski definition) is 0. The van der Waals surface area contributed by atoms with E-state index >= 15 is 0 Å². The minimum atomic E-state index is -0.589. The second-order valence-electron chi connectivity index (χ2n) is 7.45. The van der Waals surface area contributed by atoms with E-state index in [1.807, 2.05) is 12.1 Å². The van der Waals surface area contributed by atoms with Crippen LogP contribution in [0, 0.1) is 17.2 Å². The molecule has 4 rings (SSSR count). The van der Waals surface area contributed by atoms with E-state index in [0.29, 0.717) is 38.7 Å². The Morgan fingerprint density at radius 1 is 1.32 bits per heavy atom. The average molecular weight is 405 g/mol. The summed E-state index contributed by atoms with van der Waals surface area (Å²) in [6.45, 7) is 2.85. The fourth-order valence-corrected chi connectivity index (χ4v) is 4.50. The van der Waals surface area contributed by atoms with Crippen molar-refractivity contribution in [2.45, 2.75) is 12.8 Å². The number of hydrogen-bond acceptors (Lipinski definition) is 4. The van der Waals surface area contributed by atoms with Gasteiger partial charge in [-0.05, 0) is 37.1 Å². The number of amides is 1. The molecule has 2 aliphatic rings. The summed E-state index contributed by atoms with van der Waals surface area (Å²) in [5, 5.41) is 0.140. The highest BCUT2D eigenvalue weighted by molar-refractivity contribution is 6.33. The summed E-state index contributed by atoms with van der Waals surface area (Å²) in [7, 11) is 0. The number of aromatic nitrogens is 1. The number of pyridine rings is 1. The molecule has 0 saturated carbocycles. The van der Waals surface area contributed by atoms with Crippen LogP contribution < -0.4 is 4.74 Å². The van der Waals surface area contributed by atoms with Crippen molar-refractivity contribution >= 4 is 17.5 Å². The Kier molecular flexibility index (Phi) is 5.51. The summed E-state index contributed by atoms with van der Waals surface area (Å²) in [4.78, 5) is 18.8. The maximum Gasteiger partial charge on any atom is 0.258 e. The summed E-state index contributed by atoms with van der Waals surface area (Å²) in [6.07, 6.45) is 5.07. The zero-order chi connectivity index (χ0) is 19.6. The van der Waals surface area contributed by atoms with Gasteiger partial charge < -0.3 is 14.4 Å². The van der Waals surface area contributed by atoms with Gasteiger partial charge in [-0.15, -0.1) is 0 Å². The fourth-order valence-electron chi connectivity index (χ4n) is 4.25. The van der Waals surface area contributed by atoms with E-state index in [-0.39, 0.29) is 27.8 Å². The summed E-state index contributed by atoms with van der Waals surface area (Å²) < 4.78 is 25.8. The Balaban J connectivity index is 1.55. The van der Waals surface area contributed by atoms with Crippen LogP contribution in [0.25, 0.3) is 0 Å².